The van der Waals surface area contributed by atoms with E-state index in [1.807, 2.05) is 36.4 Å². The number of esters is 1. The maximum absolute atomic E-state index is 13.1. The van der Waals surface area contributed by atoms with Crippen LogP contribution in [0, 0.1) is 0 Å². The van der Waals surface area contributed by atoms with E-state index in [2.05, 4.69) is 0 Å². The molecule has 0 saturated carbocycles. The van der Waals surface area contributed by atoms with Crippen molar-refractivity contribution in [3.8, 4) is 5.75 Å². The molecule has 3 heterocycles. The molecule has 2 aromatic rings. The Kier molecular flexibility index (Phi) is 4.24. The van der Waals surface area contributed by atoms with Crippen LogP contribution in [0.4, 0.5) is 0 Å². The van der Waals surface area contributed by atoms with Crippen LogP contribution in [-0.2, 0) is 28.5 Å². The van der Waals surface area contributed by atoms with E-state index >= 15 is 0 Å². The SMILES string of the molecule is CC1(C)O[C@H]2[C@@H](O1)[C@H](C(=O)Oc1cccc3ccccc13)O[C@H]1OC(C)(C)O[C@@H]12. The predicted molar refractivity (Wildman–Crippen MR) is 102 cm³/mol. The Balaban J connectivity index is 1.44. The van der Waals surface area contributed by atoms with Crippen LogP contribution < -0.4 is 4.74 Å². The van der Waals surface area contributed by atoms with Gasteiger partial charge in [-0.15, -0.1) is 0 Å². The lowest BCUT2D eigenvalue weighted by Crippen LogP contribution is -2.58. The summed E-state index contributed by atoms with van der Waals surface area (Å²) < 4.78 is 35.6. The molecule has 0 unspecified atom stereocenters. The molecule has 3 saturated heterocycles. The number of ether oxygens (including phenoxy) is 6. The number of benzene rings is 2. The predicted octanol–water partition coefficient (Wildman–Crippen LogP) is 3.14. The summed E-state index contributed by atoms with van der Waals surface area (Å²) in [6, 6.07) is 13.3. The monoisotopic (exact) mass is 400 g/mol. The Labute approximate surface area is 168 Å². The van der Waals surface area contributed by atoms with Crippen molar-refractivity contribution in [1.82, 2.24) is 0 Å². The number of rotatable bonds is 2. The van der Waals surface area contributed by atoms with Crippen LogP contribution in [0.15, 0.2) is 42.5 Å². The summed E-state index contributed by atoms with van der Waals surface area (Å²) in [6.07, 6.45) is -3.39. The van der Waals surface area contributed by atoms with E-state index in [4.69, 9.17) is 28.4 Å². The van der Waals surface area contributed by atoms with Gasteiger partial charge in [-0.1, -0.05) is 36.4 Å². The van der Waals surface area contributed by atoms with Crippen molar-refractivity contribution in [1.29, 1.82) is 0 Å². The van der Waals surface area contributed by atoms with E-state index in [0.717, 1.165) is 10.8 Å². The van der Waals surface area contributed by atoms with Gasteiger partial charge in [-0.05, 0) is 39.1 Å². The summed E-state index contributed by atoms with van der Waals surface area (Å²) in [5.41, 5.74) is 0. The zero-order valence-corrected chi connectivity index (χ0v) is 16.8. The minimum absolute atomic E-state index is 0.470. The van der Waals surface area contributed by atoms with Gasteiger partial charge in [0.2, 0.25) is 0 Å². The Morgan fingerprint density at radius 3 is 2.31 bits per heavy atom. The van der Waals surface area contributed by atoms with Crippen LogP contribution in [0.1, 0.15) is 27.7 Å². The summed E-state index contributed by atoms with van der Waals surface area (Å²) in [4.78, 5) is 13.1. The highest BCUT2D eigenvalue weighted by atomic mass is 16.9. The largest absolute Gasteiger partial charge is 0.424 e. The number of hydrogen-bond donors (Lipinski definition) is 0. The number of fused-ring (bicyclic) bond motifs is 4. The maximum atomic E-state index is 13.1. The van der Waals surface area contributed by atoms with Crippen LogP contribution in [0.5, 0.6) is 5.75 Å². The molecule has 7 nitrogen and oxygen atoms in total. The summed E-state index contributed by atoms with van der Waals surface area (Å²) in [6.45, 7) is 7.20. The molecule has 3 aliphatic rings. The molecular weight excluding hydrogens is 376 g/mol. The highest BCUT2D eigenvalue weighted by molar-refractivity contribution is 5.91. The first-order valence-corrected chi connectivity index (χ1v) is 9.79. The van der Waals surface area contributed by atoms with Gasteiger partial charge in [0.15, 0.2) is 24.0 Å². The minimum atomic E-state index is -1.00. The lowest BCUT2D eigenvalue weighted by molar-refractivity contribution is -0.236. The molecule has 0 aromatic heterocycles. The van der Waals surface area contributed by atoms with Crippen molar-refractivity contribution >= 4 is 16.7 Å². The van der Waals surface area contributed by atoms with Gasteiger partial charge in [-0.25, -0.2) is 4.79 Å². The Bertz CT molecular complexity index is 948. The normalized spacial score (nSPS) is 34.6. The zero-order chi connectivity index (χ0) is 20.4. The highest BCUT2D eigenvalue weighted by Crippen LogP contribution is 2.44. The smallest absolute Gasteiger partial charge is 0.343 e. The van der Waals surface area contributed by atoms with Gasteiger partial charge in [0.05, 0.1) is 0 Å². The van der Waals surface area contributed by atoms with Gasteiger partial charge >= 0.3 is 5.97 Å². The molecule has 0 aliphatic carbocycles. The van der Waals surface area contributed by atoms with Gasteiger partial charge in [-0.3, -0.25) is 0 Å². The van der Waals surface area contributed by atoms with Crippen LogP contribution in [0.2, 0.25) is 0 Å². The fraction of sp³-hybridized carbons (Fsp3) is 0.500. The van der Waals surface area contributed by atoms with Crippen LogP contribution >= 0.6 is 0 Å². The van der Waals surface area contributed by atoms with Crippen molar-refractivity contribution in [3.05, 3.63) is 42.5 Å². The third kappa shape index (κ3) is 3.33. The molecule has 3 fully saturated rings. The van der Waals surface area contributed by atoms with E-state index in [9.17, 15) is 4.79 Å². The van der Waals surface area contributed by atoms with Gasteiger partial charge in [0.1, 0.15) is 24.1 Å². The lowest BCUT2D eigenvalue weighted by Gasteiger charge is -2.35. The van der Waals surface area contributed by atoms with Crippen molar-refractivity contribution in [3.63, 3.8) is 0 Å². The van der Waals surface area contributed by atoms with Crippen molar-refractivity contribution in [2.24, 2.45) is 0 Å². The molecule has 2 aromatic carbocycles. The zero-order valence-electron chi connectivity index (χ0n) is 16.8. The van der Waals surface area contributed by atoms with E-state index in [-0.39, 0.29) is 0 Å². The first-order valence-electron chi connectivity index (χ1n) is 9.79. The molecule has 3 aliphatic heterocycles. The first kappa shape index (κ1) is 19.0. The van der Waals surface area contributed by atoms with Crippen LogP contribution in [0.25, 0.3) is 10.8 Å². The third-order valence-electron chi connectivity index (χ3n) is 5.35. The molecular formula is C22H24O7. The molecule has 0 bridgehead atoms. The topological polar surface area (TPSA) is 72.5 Å². The molecule has 5 rings (SSSR count). The molecule has 0 spiro atoms. The molecule has 0 amide bonds. The first-order chi connectivity index (χ1) is 13.7. The highest BCUT2D eigenvalue weighted by Gasteiger charge is 2.62. The summed E-state index contributed by atoms with van der Waals surface area (Å²) in [5.74, 6) is -1.80. The average Bonchev–Trinajstić information content (AvgIpc) is 3.15. The molecule has 154 valence electrons. The van der Waals surface area contributed by atoms with Gasteiger partial charge < -0.3 is 28.4 Å². The number of carbonyl (C=O) groups excluding carboxylic acids is 1. The Morgan fingerprint density at radius 2 is 1.48 bits per heavy atom. The molecule has 0 radical (unpaired) electrons. The average molecular weight is 400 g/mol. The maximum Gasteiger partial charge on any atom is 0.343 e. The Hall–Kier alpha value is -2.03. The number of carbonyl (C=O) groups is 1. The fourth-order valence-corrected chi connectivity index (χ4v) is 4.25. The van der Waals surface area contributed by atoms with Gasteiger partial charge in [-0.2, -0.15) is 0 Å². The summed E-state index contributed by atoms with van der Waals surface area (Å²) >= 11 is 0. The second kappa shape index (κ2) is 6.48. The minimum Gasteiger partial charge on any atom is -0.424 e. The molecule has 7 heteroatoms. The molecule has 5 atom stereocenters. The standard InChI is InChI=1S/C22H24O7/c1-21(2)26-15-16(27-21)18-20(29-22(3,4)28-18)25-17(15)19(23)24-14-11-7-9-12-8-5-6-10-13(12)14/h5-11,15-18,20H,1-4H3/t15-,16+,17-,18-,20+/m1/s1. The van der Waals surface area contributed by atoms with E-state index in [0.29, 0.717) is 5.75 Å². The van der Waals surface area contributed by atoms with E-state index in [1.165, 1.54) is 0 Å². The molecule has 29 heavy (non-hydrogen) atoms. The Morgan fingerprint density at radius 1 is 0.828 bits per heavy atom. The summed E-state index contributed by atoms with van der Waals surface area (Å²) in [5, 5.41) is 1.83. The second-order valence-corrected chi connectivity index (χ2v) is 8.49. The lowest BCUT2D eigenvalue weighted by atomic mass is 9.99. The summed E-state index contributed by atoms with van der Waals surface area (Å²) in [7, 11) is 0. The van der Waals surface area contributed by atoms with Crippen molar-refractivity contribution in [2.45, 2.75) is 70.0 Å². The van der Waals surface area contributed by atoms with Crippen LogP contribution in [0.3, 0.4) is 0 Å². The van der Waals surface area contributed by atoms with Crippen molar-refractivity contribution in [2.75, 3.05) is 0 Å². The fourth-order valence-electron chi connectivity index (χ4n) is 4.25. The van der Waals surface area contributed by atoms with E-state index < -0.39 is 48.2 Å². The quantitative estimate of drug-likeness (QED) is 0.566. The second-order valence-electron chi connectivity index (χ2n) is 8.49. The molecule has 0 N–H and O–H groups in total. The van der Waals surface area contributed by atoms with Gasteiger partial charge in [0, 0.05) is 5.39 Å². The van der Waals surface area contributed by atoms with Crippen molar-refractivity contribution < 1.29 is 33.2 Å². The van der Waals surface area contributed by atoms with Crippen LogP contribution in [-0.4, -0.2) is 48.2 Å². The third-order valence-corrected chi connectivity index (χ3v) is 5.35. The van der Waals surface area contributed by atoms with E-state index in [1.54, 1.807) is 33.8 Å². The number of hydrogen-bond acceptors (Lipinski definition) is 7. The van der Waals surface area contributed by atoms with Gasteiger partial charge in [0.25, 0.3) is 0 Å².